The van der Waals surface area contributed by atoms with Crippen LogP contribution in [0.4, 0.5) is 5.69 Å². The van der Waals surface area contributed by atoms with Crippen LogP contribution in [-0.4, -0.2) is 26.8 Å². The first-order valence-corrected chi connectivity index (χ1v) is 7.45. The Balaban J connectivity index is 1.59. The molecule has 0 saturated carbocycles. The van der Waals surface area contributed by atoms with Crippen LogP contribution in [0.5, 0.6) is 0 Å². The van der Waals surface area contributed by atoms with E-state index in [0.717, 1.165) is 30.8 Å². The number of nitrogens with one attached hydrogen (secondary N) is 1. The van der Waals surface area contributed by atoms with E-state index >= 15 is 0 Å². The SMILES string of the molecule is Cc1ccc(-n2cnnn2)cc1NCCCc1ccccc1. The van der Waals surface area contributed by atoms with Crippen molar-refractivity contribution < 1.29 is 0 Å². The van der Waals surface area contributed by atoms with E-state index in [0.29, 0.717) is 0 Å². The van der Waals surface area contributed by atoms with E-state index in [2.05, 4.69) is 70.2 Å². The fourth-order valence-electron chi connectivity index (χ4n) is 2.38. The van der Waals surface area contributed by atoms with Crippen molar-refractivity contribution >= 4 is 5.69 Å². The number of aromatic nitrogens is 4. The van der Waals surface area contributed by atoms with Gasteiger partial charge in [0.15, 0.2) is 0 Å². The van der Waals surface area contributed by atoms with Crippen molar-refractivity contribution in [1.82, 2.24) is 20.2 Å². The van der Waals surface area contributed by atoms with Gasteiger partial charge in [0.2, 0.25) is 0 Å². The molecule has 0 spiro atoms. The Bertz CT molecular complexity index is 707. The summed E-state index contributed by atoms with van der Waals surface area (Å²) in [6.07, 6.45) is 3.78. The van der Waals surface area contributed by atoms with Crippen molar-refractivity contribution in [3.05, 3.63) is 66.0 Å². The smallest absolute Gasteiger partial charge is 0.143 e. The molecule has 2 aromatic carbocycles. The van der Waals surface area contributed by atoms with Crippen LogP contribution in [-0.2, 0) is 6.42 Å². The number of tetrazole rings is 1. The molecule has 3 rings (SSSR count). The van der Waals surface area contributed by atoms with Gasteiger partial charge in [-0.05, 0) is 53.5 Å². The molecule has 0 unspecified atom stereocenters. The highest BCUT2D eigenvalue weighted by molar-refractivity contribution is 5.56. The van der Waals surface area contributed by atoms with Gasteiger partial charge in [-0.15, -0.1) is 5.10 Å². The average molecular weight is 293 g/mol. The quantitative estimate of drug-likeness (QED) is 0.710. The van der Waals surface area contributed by atoms with E-state index in [1.807, 2.05) is 6.07 Å². The first-order valence-electron chi connectivity index (χ1n) is 7.45. The van der Waals surface area contributed by atoms with E-state index in [1.54, 1.807) is 11.0 Å². The standard InChI is InChI=1S/C17H19N5/c1-14-9-10-16(22-13-19-20-21-22)12-17(14)18-11-5-8-15-6-3-2-4-7-15/h2-4,6-7,9-10,12-13,18H,5,8,11H2,1H3. The van der Waals surface area contributed by atoms with Crippen molar-refractivity contribution in [2.24, 2.45) is 0 Å². The van der Waals surface area contributed by atoms with Gasteiger partial charge in [0, 0.05) is 12.2 Å². The van der Waals surface area contributed by atoms with Crippen molar-refractivity contribution in [3.8, 4) is 5.69 Å². The number of anilines is 1. The Morgan fingerprint density at radius 1 is 1.09 bits per heavy atom. The summed E-state index contributed by atoms with van der Waals surface area (Å²) in [6.45, 7) is 3.04. The van der Waals surface area contributed by atoms with E-state index < -0.39 is 0 Å². The van der Waals surface area contributed by atoms with Gasteiger partial charge in [0.1, 0.15) is 6.33 Å². The van der Waals surface area contributed by atoms with Crippen LogP contribution in [0.15, 0.2) is 54.9 Å². The van der Waals surface area contributed by atoms with E-state index in [9.17, 15) is 0 Å². The lowest BCUT2D eigenvalue weighted by atomic mass is 10.1. The molecule has 22 heavy (non-hydrogen) atoms. The molecule has 0 atom stereocenters. The third-order valence-corrected chi connectivity index (χ3v) is 3.64. The van der Waals surface area contributed by atoms with E-state index in [-0.39, 0.29) is 0 Å². The normalized spacial score (nSPS) is 10.6. The molecular weight excluding hydrogens is 274 g/mol. The highest BCUT2D eigenvalue weighted by Gasteiger charge is 2.03. The second kappa shape index (κ2) is 6.85. The summed E-state index contributed by atoms with van der Waals surface area (Å²) < 4.78 is 1.66. The van der Waals surface area contributed by atoms with Crippen molar-refractivity contribution in [2.75, 3.05) is 11.9 Å². The van der Waals surface area contributed by atoms with Crippen molar-refractivity contribution in [1.29, 1.82) is 0 Å². The van der Waals surface area contributed by atoms with Gasteiger partial charge in [0.25, 0.3) is 0 Å². The predicted octanol–water partition coefficient (Wildman–Crippen LogP) is 3.02. The molecule has 1 aromatic heterocycles. The number of rotatable bonds is 6. The highest BCUT2D eigenvalue weighted by atomic mass is 15.5. The largest absolute Gasteiger partial charge is 0.385 e. The highest BCUT2D eigenvalue weighted by Crippen LogP contribution is 2.19. The number of hydrogen-bond donors (Lipinski definition) is 1. The average Bonchev–Trinajstić information content (AvgIpc) is 3.08. The van der Waals surface area contributed by atoms with Crippen molar-refractivity contribution in [3.63, 3.8) is 0 Å². The molecule has 5 heteroatoms. The van der Waals surface area contributed by atoms with E-state index in [1.165, 1.54) is 11.1 Å². The summed E-state index contributed by atoms with van der Waals surface area (Å²) >= 11 is 0. The van der Waals surface area contributed by atoms with Crippen LogP contribution in [0.3, 0.4) is 0 Å². The Hall–Kier alpha value is -2.69. The summed E-state index contributed by atoms with van der Waals surface area (Å²) in [5, 5.41) is 14.8. The number of nitrogens with zero attached hydrogens (tertiary/aromatic N) is 4. The van der Waals surface area contributed by atoms with Crippen LogP contribution >= 0.6 is 0 Å². The molecular formula is C17H19N5. The molecule has 0 aliphatic carbocycles. The third-order valence-electron chi connectivity index (χ3n) is 3.64. The number of hydrogen-bond acceptors (Lipinski definition) is 4. The molecule has 0 amide bonds. The monoisotopic (exact) mass is 293 g/mol. The number of benzene rings is 2. The molecule has 0 aliphatic rings. The molecule has 112 valence electrons. The van der Waals surface area contributed by atoms with Crippen LogP contribution in [0.2, 0.25) is 0 Å². The van der Waals surface area contributed by atoms with Gasteiger partial charge < -0.3 is 5.32 Å². The molecule has 0 radical (unpaired) electrons. The maximum absolute atomic E-state index is 3.92. The summed E-state index contributed by atoms with van der Waals surface area (Å²) in [6, 6.07) is 16.7. The molecule has 1 N–H and O–H groups in total. The Kier molecular flexibility index (Phi) is 4.44. The fraction of sp³-hybridized carbons (Fsp3) is 0.235. The summed E-state index contributed by atoms with van der Waals surface area (Å²) in [4.78, 5) is 0. The maximum atomic E-state index is 3.92. The molecule has 0 bridgehead atoms. The Morgan fingerprint density at radius 2 is 1.95 bits per heavy atom. The Labute approximate surface area is 130 Å². The lowest BCUT2D eigenvalue weighted by molar-refractivity contribution is 0.788. The second-order valence-electron chi connectivity index (χ2n) is 5.27. The zero-order valence-corrected chi connectivity index (χ0v) is 12.6. The van der Waals surface area contributed by atoms with Crippen molar-refractivity contribution in [2.45, 2.75) is 19.8 Å². The minimum Gasteiger partial charge on any atom is -0.385 e. The first kappa shape index (κ1) is 14.3. The molecule has 3 aromatic rings. The summed E-state index contributed by atoms with van der Waals surface area (Å²) in [5.41, 5.74) is 4.68. The summed E-state index contributed by atoms with van der Waals surface area (Å²) in [5.74, 6) is 0. The Morgan fingerprint density at radius 3 is 2.73 bits per heavy atom. The minimum absolute atomic E-state index is 0.939. The van der Waals surface area contributed by atoms with Gasteiger partial charge in [-0.3, -0.25) is 0 Å². The zero-order valence-electron chi connectivity index (χ0n) is 12.6. The minimum atomic E-state index is 0.939. The molecule has 0 saturated heterocycles. The van der Waals surface area contributed by atoms with Gasteiger partial charge in [-0.25, -0.2) is 4.68 Å². The topological polar surface area (TPSA) is 55.6 Å². The summed E-state index contributed by atoms with van der Waals surface area (Å²) in [7, 11) is 0. The van der Waals surface area contributed by atoms with E-state index in [4.69, 9.17) is 0 Å². The predicted molar refractivity (Wildman–Crippen MR) is 87.1 cm³/mol. The van der Waals surface area contributed by atoms with Crippen LogP contribution in [0.25, 0.3) is 5.69 Å². The second-order valence-corrected chi connectivity index (χ2v) is 5.27. The zero-order chi connectivity index (χ0) is 15.2. The molecule has 1 heterocycles. The lowest BCUT2D eigenvalue weighted by Gasteiger charge is -2.11. The van der Waals surface area contributed by atoms with Gasteiger partial charge in [-0.2, -0.15) is 0 Å². The third kappa shape index (κ3) is 3.49. The lowest BCUT2D eigenvalue weighted by Crippen LogP contribution is -2.05. The van der Waals surface area contributed by atoms with Gasteiger partial charge >= 0.3 is 0 Å². The van der Waals surface area contributed by atoms with Gasteiger partial charge in [0.05, 0.1) is 5.69 Å². The number of aryl methyl sites for hydroxylation is 2. The maximum Gasteiger partial charge on any atom is 0.143 e. The molecule has 0 aliphatic heterocycles. The van der Waals surface area contributed by atoms with Crippen LogP contribution in [0.1, 0.15) is 17.5 Å². The van der Waals surface area contributed by atoms with Crippen LogP contribution < -0.4 is 5.32 Å². The van der Waals surface area contributed by atoms with Gasteiger partial charge in [-0.1, -0.05) is 36.4 Å². The van der Waals surface area contributed by atoms with Crippen LogP contribution in [0, 0.1) is 6.92 Å². The fourth-order valence-corrected chi connectivity index (χ4v) is 2.38. The first-order chi connectivity index (χ1) is 10.8. The molecule has 0 fully saturated rings. The molecule has 5 nitrogen and oxygen atoms in total.